The maximum atomic E-state index is 12.1. The molecule has 6 atom stereocenters. The van der Waals surface area contributed by atoms with E-state index in [0.29, 0.717) is 35.9 Å². The van der Waals surface area contributed by atoms with Gasteiger partial charge in [-0.15, -0.1) is 0 Å². The van der Waals surface area contributed by atoms with Gasteiger partial charge in [-0.25, -0.2) is 4.98 Å². The summed E-state index contributed by atoms with van der Waals surface area (Å²) >= 11 is 0. The largest absolute Gasteiger partial charge is 0.489 e. The lowest BCUT2D eigenvalue weighted by Gasteiger charge is -2.32. The molecule has 0 spiro atoms. The number of hydrogen-bond donors (Lipinski definition) is 5. The molecule has 10 nitrogen and oxygen atoms in total. The van der Waals surface area contributed by atoms with E-state index in [2.05, 4.69) is 25.9 Å². The zero-order valence-corrected chi connectivity index (χ0v) is 19.1. The lowest BCUT2D eigenvalue weighted by atomic mass is 9.79. The SMILES string of the molecule is COC12CC3CC(C1)C(Nc1nc(Nc4ccc5c(c4)NC[C@H](O)CO5)ncc1C(N)=O)C2C3. The van der Waals surface area contributed by atoms with Gasteiger partial charge in [0.15, 0.2) is 0 Å². The topological polar surface area (TPSA) is 144 Å². The zero-order valence-electron chi connectivity index (χ0n) is 19.1. The fraction of sp³-hybridized carbons (Fsp3) is 0.542. The van der Waals surface area contributed by atoms with E-state index in [-0.39, 0.29) is 23.8 Å². The van der Waals surface area contributed by atoms with Crippen LogP contribution in [-0.2, 0) is 4.74 Å². The maximum absolute atomic E-state index is 12.1. The highest BCUT2D eigenvalue weighted by molar-refractivity contribution is 5.97. The van der Waals surface area contributed by atoms with Gasteiger partial charge < -0.3 is 36.3 Å². The lowest BCUT2D eigenvalue weighted by molar-refractivity contribution is -0.0350. The number of ether oxygens (including phenoxy) is 2. The van der Waals surface area contributed by atoms with Crippen LogP contribution in [0.3, 0.4) is 0 Å². The molecule has 2 heterocycles. The molecule has 4 fully saturated rings. The van der Waals surface area contributed by atoms with Crippen LogP contribution in [0.4, 0.5) is 23.1 Å². The highest BCUT2D eigenvalue weighted by Gasteiger charge is 2.63. The molecule has 0 radical (unpaired) electrons. The molecule has 34 heavy (non-hydrogen) atoms. The van der Waals surface area contributed by atoms with Gasteiger partial charge in [0.05, 0.1) is 16.9 Å². The number of β-amino-alcohol motifs (C(OH)–C–C–N with tert-alkyl or cyclic N) is 1. The quantitative estimate of drug-likeness (QED) is 0.432. The number of methoxy groups -OCH3 is 1. The number of hydrogen-bond acceptors (Lipinski definition) is 9. The monoisotopic (exact) mass is 466 g/mol. The summed E-state index contributed by atoms with van der Waals surface area (Å²) in [5, 5.41) is 19.8. The van der Waals surface area contributed by atoms with Crippen molar-refractivity contribution in [2.45, 2.75) is 43.4 Å². The number of aliphatic hydroxyl groups is 1. The predicted octanol–water partition coefficient (Wildman–Crippen LogP) is 2.10. The van der Waals surface area contributed by atoms with E-state index in [1.54, 1.807) is 0 Å². The molecule has 4 aliphatic carbocycles. The van der Waals surface area contributed by atoms with Gasteiger partial charge >= 0.3 is 0 Å². The van der Waals surface area contributed by atoms with Crippen molar-refractivity contribution in [1.29, 1.82) is 0 Å². The summed E-state index contributed by atoms with van der Waals surface area (Å²) in [4.78, 5) is 21.1. The Hall–Kier alpha value is -3.11. The molecule has 5 unspecified atom stereocenters. The molecular formula is C24H30N6O4. The Kier molecular flexibility index (Phi) is 5.03. The summed E-state index contributed by atoms with van der Waals surface area (Å²) in [7, 11) is 1.82. The summed E-state index contributed by atoms with van der Waals surface area (Å²) in [5.74, 6) is 2.55. The van der Waals surface area contributed by atoms with Gasteiger partial charge in [-0.3, -0.25) is 4.79 Å². The summed E-state index contributed by atoms with van der Waals surface area (Å²) in [6.07, 6.45) is 5.39. The molecule has 1 aliphatic heterocycles. The van der Waals surface area contributed by atoms with E-state index >= 15 is 0 Å². The minimum absolute atomic E-state index is 0.0588. The average molecular weight is 467 g/mol. The average Bonchev–Trinajstić information content (AvgIpc) is 3.09. The van der Waals surface area contributed by atoms with Gasteiger partial charge in [-0.2, -0.15) is 4.98 Å². The fourth-order valence-corrected chi connectivity index (χ4v) is 6.64. The first-order valence-corrected chi connectivity index (χ1v) is 11.9. The third-order valence-electron chi connectivity index (χ3n) is 8.04. The van der Waals surface area contributed by atoms with E-state index in [0.717, 1.165) is 36.6 Å². The van der Waals surface area contributed by atoms with Crippen LogP contribution in [-0.4, -0.2) is 59.0 Å². The molecule has 0 saturated heterocycles. The molecule has 1 amide bonds. The van der Waals surface area contributed by atoms with Crippen LogP contribution in [0.5, 0.6) is 5.75 Å². The minimum atomic E-state index is -0.569. The molecule has 1 aromatic heterocycles. The number of nitrogens with one attached hydrogen (secondary N) is 3. The number of nitrogens with zero attached hydrogens (tertiary/aromatic N) is 2. The smallest absolute Gasteiger partial charge is 0.254 e. The molecule has 7 rings (SSSR count). The van der Waals surface area contributed by atoms with Crippen molar-refractivity contribution >= 4 is 29.0 Å². The van der Waals surface area contributed by atoms with Crippen molar-refractivity contribution in [2.75, 3.05) is 36.2 Å². The number of nitrogens with two attached hydrogens (primary N) is 1. The number of anilines is 4. The first kappa shape index (κ1) is 21.4. The van der Waals surface area contributed by atoms with Gasteiger partial charge in [0.1, 0.15) is 24.3 Å². The lowest BCUT2D eigenvalue weighted by Crippen LogP contribution is -2.38. The summed E-state index contributed by atoms with van der Waals surface area (Å²) in [6.45, 7) is 0.648. The molecule has 2 aromatic rings. The van der Waals surface area contributed by atoms with Crippen molar-refractivity contribution in [3.8, 4) is 5.75 Å². The molecule has 6 N–H and O–H groups in total. The number of carbonyl (C=O) groups excluding carboxylic acids is 1. The standard InChI is InChI=1S/C24H30N6O4/c1-33-24-7-12-4-13(8-24)20(17(24)5-12)29-22-16(21(25)32)10-27-23(30-22)28-14-2-3-19-18(6-14)26-9-15(31)11-34-19/h2-3,6,10,12-13,15,17,20,26,31H,4-5,7-9,11H2,1H3,(H2,25,32)(H2,27,28,29,30)/t12?,13?,15-,17?,20?,24?/m0/s1. The third-order valence-corrected chi connectivity index (χ3v) is 8.04. The Morgan fingerprint density at radius 2 is 2.24 bits per heavy atom. The van der Waals surface area contributed by atoms with Gasteiger partial charge in [-0.05, 0) is 55.7 Å². The molecule has 5 aliphatic rings. The van der Waals surface area contributed by atoms with E-state index in [1.165, 1.54) is 12.6 Å². The second-order valence-corrected chi connectivity index (χ2v) is 10.1. The number of amides is 1. The highest BCUT2D eigenvalue weighted by atomic mass is 16.5. The maximum Gasteiger partial charge on any atom is 0.254 e. The van der Waals surface area contributed by atoms with Crippen molar-refractivity contribution in [3.05, 3.63) is 30.0 Å². The van der Waals surface area contributed by atoms with Crippen LogP contribution in [0, 0.1) is 17.8 Å². The number of aromatic nitrogens is 2. The number of primary amides is 1. The first-order valence-electron chi connectivity index (χ1n) is 11.9. The van der Waals surface area contributed by atoms with Crippen LogP contribution in [0.25, 0.3) is 0 Å². The normalized spacial score (nSPS) is 32.9. The number of aliphatic hydroxyl groups excluding tert-OH is 1. The third kappa shape index (κ3) is 3.52. The van der Waals surface area contributed by atoms with Crippen LogP contribution < -0.4 is 26.4 Å². The number of carbonyl (C=O) groups is 1. The Morgan fingerprint density at radius 1 is 1.35 bits per heavy atom. The molecule has 4 saturated carbocycles. The summed E-state index contributed by atoms with van der Waals surface area (Å²) in [6, 6.07) is 5.76. The van der Waals surface area contributed by atoms with Crippen molar-refractivity contribution in [2.24, 2.45) is 23.5 Å². The second-order valence-electron chi connectivity index (χ2n) is 10.1. The Balaban J connectivity index is 1.25. The summed E-state index contributed by atoms with van der Waals surface area (Å²) < 4.78 is 11.6. The van der Waals surface area contributed by atoms with E-state index in [9.17, 15) is 9.90 Å². The van der Waals surface area contributed by atoms with E-state index < -0.39 is 12.0 Å². The van der Waals surface area contributed by atoms with Gasteiger partial charge in [0.2, 0.25) is 5.95 Å². The molecule has 1 aromatic carbocycles. The Bertz CT molecular complexity index is 1130. The van der Waals surface area contributed by atoms with Crippen LogP contribution >= 0.6 is 0 Å². The second kappa shape index (κ2) is 7.99. The van der Waals surface area contributed by atoms with Gasteiger partial charge in [-0.1, -0.05) is 0 Å². The molecule has 10 heteroatoms. The van der Waals surface area contributed by atoms with E-state index in [4.69, 9.17) is 15.2 Å². The number of fused-ring (bicyclic) bond motifs is 1. The van der Waals surface area contributed by atoms with Gasteiger partial charge in [0, 0.05) is 37.5 Å². The zero-order chi connectivity index (χ0) is 23.4. The van der Waals surface area contributed by atoms with Crippen molar-refractivity contribution in [3.63, 3.8) is 0 Å². The van der Waals surface area contributed by atoms with Gasteiger partial charge in [0.25, 0.3) is 5.91 Å². The number of benzene rings is 1. The molecule has 180 valence electrons. The van der Waals surface area contributed by atoms with Crippen molar-refractivity contribution < 1.29 is 19.4 Å². The number of rotatable bonds is 6. The highest BCUT2D eigenvalue weighted by Crippen LogP contribution is 2.62. The predicted molar refractivity (Wildman–Crippen MR) is 126 cm³/mol. The first-order chi connectivity index (χ1) is 16.4. The van der Waals surface area contributed by atoms with E-state index in [1.807, 2.05) is 25.3 Å². The van der Waals surface area contributed by atoms with Crippen LogP contribution in [0.1, 0.15) is 36.0 Å². The molecular weight excluding hydrogens is 436 g/mol. The summed E-state index contributed by atoms with van der Waals surface area (Å²) in [5.41, 5.74) is 7.40. The molecule has 4 bridgehead atoms. The fourth-order valence-electron chi connectivity index (χ4n) is 6.64. The van der Waals surface area contributed by atoms with Crippen molar-refractivity contribution in [1.82, 2.24) is 9.97 Å². The van der Waals surface area contributed by atoms with Crippen LogP contribution in [0.15, 0.2) is 24.4 Å². The minimum Gasteiger partial charge on any atom is -0.489 e. The van der Waals surface area contributed by atoms with Crippen LogP contribution in [0.2, 0.25) is 0 Å². The Labute approximate surface area is 197 Å². The Morgan fingerprint density at radius 3 is 3.06 bits per heavy atom.